The lowest BCUT2D eigenvalue weighted by molar-refractivity contribution is 0.595. The van der Waals surface area contributed by atoms with Gasteiger partial charge in [0.1, 0.15) is 4.90 Å². The zero-order valence-corrected chi connectivity index (χ0v) is 13.0. The molecular formula is C13H11BrClNO2S. The van der Waals surface area contributed by atoms with Crippen LogP contribution >= 0.6 is 27.5 Å². The van der Waals surface area contributed by atoms with Gasteiger partial charge in [0.05, 0.1) is 16.5 Å². The molecule has 100 valence electrons. The van der Waals surface area contributed by atoms with Gasteiger partial charge in [-0.2, -0.15) is 0 Å². The highest BCUT2D eigenvalue weighted by atomic mass is 79.9. The minimum absolute atomic E-state index is 0.00311. The van der Waals surface area contributed by atoms with Crippen LogP contribution in [-0.2, 0) is 15.6 Å². The van der Waals surface area contributed by atoms with Crippen molar-refractivity contribution in [2.45, 2.75) is 10.6 Å². The monoisotopic (exact) mass is 359 g/mol. The summed E-state index contributed by atoms with van der Waals surface area (Å²) in [7, 11) is -3.57. The van der Waals surface area contributed by atoms with E-state index in [-0.39, 0.29) is 21.4 Å². The molecule has 6 heteroatoms. The maximum Gasteiger partial charge on any atom is 0.186 e. The molecule has 0 fully saturated rings. The zero-order chi connectivity index (χ0) is 14.0. The van der Waals surface area contributed by atoms with Crippen LogP contribution in [0.5, 0.6) is 0 Å². The molecule has 0 aliphatic heterocycles. The molecule has 0 bridgehead atoms. The van der Waals surface area contributed by atoms with E-state index < -0.39 is 9.84 Å². The molecule has 0 saturated carbocycles. The predicted molar refractivity (Wildman–Crippen MR) is 80.9 cm³/mol. The van der Waals surface area contributed by atoms with E-state index in [1.807, 2.05) is 6.07 Å². The Balaban J connectivity index is 2.44. The van der Waals surface area contributed by atoms with Crippen LogP contribution in [0.4, 0.5) is 5.69 Å². The Morgan fingerprint density at radius 2 is 1.84 bits per heavy atom. The van der Waals surface area contributed by atoms with E-state index in [4.69, 9.17) is 17.3 Å². The number of sulfone groups is 1. The van der Waals surface area contributed by atoms with Crippen molar-refractivity contribution in [3.63, 3.8) is 0 Å². The number of hydrogen-bond acceptors (Lipinski definition) is 3. The highest BCUT2D eigenvalue weighted by Gasteiger charge is 2.21. The molecule has 19 heavy (non-hydrogen) atoms. The Morgan fingerprint density at radius 1 is 1.16 bits per heavy atom. The fourth-order valence-corrected chi connectivity index (χ4v) is 4.31. The fraction of sp³-hybridized carbons (Fsp3) is 0.0769. The molecule has 2 rings (SSSR count). The topological polar surface area (TPSA) is 60.2 Å². The lowest BCUT2D eigenvalue weighted by Crippen LogP contribution is -2.08. The summed E-state index contributed by atoms with van der Waals surface area (Å²) < 4.78 is 25.6. The molecule has 0 aromatic heterocycles. The predicted octanol–water partition coefficient (Wildman–Crippen LogP) is 3.66. The third-order valence-electron chi connectivity index (χ3n) is 2.55. The molecular weight excluding hydrogens is 350 g/mol. The summed E-state index contributed by atoms with van der Waals surface area (Å²) in [6.45, 7) is 0. The maximum atomic E-state index is 12.4. The normalized spacial score (nSPS) is 11.5. The molecule has 3 nitrogen and oxygen atoms in total. The van der Waals surface area contributed by atoms with Crippen LogP contribution < -0.4 is 5.73 Å². The highest BCUT2D eigenvalue weighted by Crippen LogP contribution is 2.30. The number of anilines is 1. The van der Waals surface area contributed by atoms with Gasteiger partial charge in [-0.15, -0.1) is 0 Å². The summed E-state index contributed by atoms with van der Waals surface area (Å²) in [5.41, 5.74) is 6.56. The van der Waals surface area contributed by atoms with Gasteiger partial charge in [-0.25, -0.2) is 8.42 Å². The molecule has 0 aliphatic carbocycles. The van der Waals surface area contributed by atoms with E-state index in [0.29, 0.717) is 5.56 Å². The maximum absolute atomic E-state index is 12.4. The van der Waals surface area contributed by atoms with E-state index >= 15 is 0 Å². The van der Waals surface area contributed by atoms with Gasteiger partial charge in [-0.05, 0) is 29.8 Å². The molecule has 2 aromatic rings. The number of halogens is 2. The Hall–Kier alpha value is -1.04. The Morgan fingerprint density at radius 3 is 2.47 bits per heavy atom. The van der Waals surface area contributed by atoms with Gasteiger partial charge in [0.15, 0.2) is 9.84 Å². The van der Waals surface area contributed by atoms with Crippen LogP contribution in [0, 0.1) is 0 Å². The first kappa shape index (κ1) is 14.4. The SMILES string of the molecule is Nc1cccc(Cl)c1S(=O)(=O)Cc1cccc(Br)c1. The third-order valence-corrected chi connectivity index (χ3v) is 5.27. The number of nitrogen functional groups attached to an aromatic ring is 1. The molecule has 0 spiro atoms. The number of rotatable bonds is 3. The van der Waals surface area contributed by atoms with Crippen molar-refractivity contribution >= 4 is 43.1 Å². The van der Waals surface area contributed by atoms with E-state index in [1.165, 1.54) is 12.1 Å². The van der Waals surface area contributed by atoms with Crippen LogP contribution in [0.25, 0.3) is 0 Å². The molecule has 0 unspecified atom stereocenters. The molecule has 0 aliphatic rings. The Bertz CT molecular complexity index is 696. The van der Waals surface area contributed by atoms with Crippen LogP contribution in [-0.4, -0.2) is 8.42 Å². The molecule has 0 radical (unpaired) electrons. The summed E-state index contributed by atoms with van der Waals surface area (Å²) in [5, 5.41) is 0.148. The number of benzene rings is 2. The Labute approximate surface area is 125 Å². The first-order valence-corrected chi connectivity index (χ1v) is 8.23. The van der Waals surface area contributed by atoms with Crippen molar-refractivity contribution in [1.29, 1.82) is 0 Å². The largest absolute Gasteiger partial charge is 0.398 e. The van der Waals surface area contributed by atoms with Crippen molar-refractivity contribution in [3.8, 4) is 0 Å². The first-order chi connectivity index (χ1) is 8.90. The summed E-state index contributed by atoms with van der Waals surface area (Å²) in [4.78, 5) is -0.00311. The first-order valence-electron chi connectivity index (χ1n) is 5.41. The van der Waals surface area contributed by atoms with Crippen molar-refractivity contribution in [2.24, 2.45) is 0 Å². The standard InChI is InChI=1S/C13H11BrClNO2S/c14-10-4-1-3-9(7-10)8-19(17,18)13-11(15)5-2-6-12(13)16/h1-7H,8,16H2. The smallest absolute Gasteiger partial charge is 0.186 e. The third kappa shape index (κ3) is 3.29. The lowest BCUT2D eigenvalue weighted by Gasteiger charge is -2.09. The Kier molecular flexibility index (Phi) is 4.18. The summed E-state index contributed by atoms with van der Waals surface area (Å²) in [5.74, 6) is -0.139. The molecule has 0 saturated heterocycles. The zero-order valence-electron chi connectivity index (χ0n) is 9.81. The highest BCUT2D eigenvalue weighted by molar-refractivity contribution is 9.10. The van der Waals surface area contributed by atoms with Gasteiger partial charge < -0.3 is 5.73 Å². The van der Waals surface area contributed by atoms with Gasteiger partial charge in [-0.3, -0.25) is 0 Å². The van der Waals surface area contributed by atoms with Gasteiger partial charge in [0.2, 0.25) is 0 Å². The second kappa shape index (κ2) is 5.53. The van der Waals surface area contributed by atoms with Crippen molar-refractivity contribution in [2.75, 3.05) is 5.73 Å². The second-order valence-corrected chi connectivity index (χ2v) is 7.30. The van der Waals surface area contributed by atoms with Crippen molar-refractivity contribution in [3.05, 3.63) is 57.5 Å². The summed E-state index contributed by atoms with van der Waals surface area (Å²) in [6, 6.07) is 11.8. The minimum Gasteiger partial charge on any atom is -0.398 e. The molecule has 0 amide bonds. The fourth-order valence-electron chi connectivity index (χ4n) is 1.77. The quantitative estimate of drug-likeness (QED) is 0.850. The molecule has 0 heterocycles. The van der Waals surface area contributed by atoms with Gasteiger partial charge >= 0.3 is 0 Å². The van der Waals surface area contributed by atoms with Crippen LogP contribution in [0.15, 0.2) is 51.8 Å². The van der Waals surface area contributed by atoms with Crippen LogP contribution in [0.1, 0.15) is 5.56 Å². The average Bonchev–Trinajstić information content (AvgIpc) is 2.27. The summed E-state index contributed by atoms with van der Waals surface area (Å²) >= 11 is 9.25. The molecule has 0 atom stereocenters. The van der Waals surface area contributed by atoms with Gasteiger partial charge in [-0.1, -0.05) is 45.7 Å². The average molecular weight is 361 g/mol. The van der Waals surface area contributed by atoms with Crippen molar-refractivity contribution < 1.29 is 8.42 Å². The van der Waals surface area contributed by atoms with E-state index in [1.54, 1.807) is 24.3 Å². The number of hydrogen-bond donors (Lipinski definition) is 1. The van der Waals surface area contributed by atoms with E-state index in [2.05, 4.69) is 15.9 Å². The van der Waals surface area contributed by atoms with Crippen molar-refractivity contribution in [1.82, 2.24) is 0 Å². The summed E-state index contributed by atoms with van der Waals surface area (Å²) in [6.07, 6.45) is 0. The van der Waals surface area contributed by atoms with E-state index in [0.717, 1.165) is 4.47 Å². The molecule has 2 aromatic carbocycles. The van der Waals surface area contributed by atoms with Crippen LogP contribution in [0.2, 0.25) is 5.02 Å². The number of nitrogens with two attached hydrogens (primary N) is 1. The van der Waals surface area contributed by atoms with Gasteiger partial charge in [0, 0.05) is 4.47 Å². The molecule has 2 N–H and O–H groups in total. The van der Waals surface area contributed by atoms with E-state index in [9.17, 15) is 8.42 Å². The second-order valence-electron chi connectivity index (χ2n) is 4.05. The minimum atomic E-state index is -3.57. The lowest BCUT2D eigenvalue weighted by atomic mass is 10.2. The van der Waals surface area contributed by atoms with Crippen LogP contribution in [0.3, 0.4) is 0 Å². The van der Waals surface area contributed by atoms with Gasteiger partial charge in [0.25, 0.3) is 0 Å².